The molecule has 2 bridgehead atoms. The van der Waals surface area contributed by atoms with Gasteiger partial charge in [-0.3, -0.25) is 0 Å². The van der Waals surface area contributed by atoms with Gasteiger partial charge in [-0.2, -0.15) is 0 Å². The Morgan fingerprint density at radius 3 is 2.07 bits per heavy atom. The largest absolute Gasteiger partial charge is 0.106 e. The predicted molar refractivity (Wildman–Crippen MR) is 66.2 cm³/mol. The molecule has 0 radical (unpaired) electrons. The van der Waals surface area contributed by atoms with Gasteiger partial charge in [-0.25, -0.2) is 0 Å². The molecule has 1 fully saturated rings. The van der Waals surface area contributed by atoms with E-state index in [0.29, 0.717) is 5.41 Å². The van der Waals surface area contributed by atoms with Crippen molar-refractivity contribution in [2.45, 2.75) is 26.2 Å². The van der Waals surface area contributed by atoms with Crippen LogP contribution in [0.3, 0.4) is 0 Å². The minimum Gasteiger partial charge on any atom is -0.106 e. The first-order chi connectivity index (χ1) is 6.76. The number of rotatable bonds is 1. The molecule has 0 spiro atoms. The third-order valence-electron chi connectivity index (χ3n) is 2.73. The number of hydrogen-bond donors (Lipinski definition) is 0. The molecule has 2 rings (SSSR count). The summed E-state index contributed by atoms with van der Waals surface area (Å²) in [4.78, 5) is 0. The lowest BCUT2D eigenvalue weighted by Gasteiger charge is -2.16. The smallest absolute Gasteiger partial charge is 0.00642 e. The summed E-state index contributed by atoms with van der Waals surface area (Å²) >= 11 is 0. The van der Waals surface area contributed by atoms with Crippen LogP contribution in [0.1, 0.15) is 26.2 Å². The van der Waals surface area contributed by atoms with E-state index in [1.54, 1.807) is 6.08 Å². The van der Waals surface area contributed by atoms with Crippen molar-refractivity contribution >= 4 is 0 Å². The van der Waals surface area contributed by atoms with E-state index in [0.717, 1.165) is 5.92 Å². The molecule has 0 heteroatoms. The lowest BCUT2D eigenvalue weighted by atomic mass is 9.88. The molecule has 0 aromatic carbocycles. The summed E-state index contributed by atoms with van der Waals surface area (Å²) < 4.78 is 0. The Bertz CT molecular complexity index is 212. The van der Waals surface area contributed by atoms with Crippen molar-refractivity contribution in [2.75, 3.05) is 0 Å². The van der Waals surface area contributed by atoms with Crippen LogP contribution in [-0.4, -0.2) is 0 Å². The summed E-state index contributed by atoms with van der Waals surface area (Å²) in [7, 11) is 0. The Kier molecular flexibility index (Phi) is 5.94. The molecule has 0 amide bonds. The second kappa shape index (κ2) is 6.42. The number of fused-ring (bicyclic) bond motifs is 2. The van der Waals surface area contributed by atoms with Gasteiger partial charge in [0.15, 0.2) is 0 Å². The predicted octanol–water partition coefficient (Wildman–Crippen LogP) is 4.52. The number of hydrogen-bond acceptors (Lipinski definition) is 0. The van der Waals surface area contributed by atoms with Crippen molar-refractivity contribution < 1.29 is 0 Å². The van der Waals surface area contributed by atoms with Gasteiger partial charge in [0, 0.05) is 5.41 Å². The molecule has 1 saturated carbocycles. The Balaban J connectivity index is 0.000000294. The Morgan fingerprint density at radius 1 is 1.36 bits per heavy atom. The molecule has 0 N–H and O–H groups in total. The van der Waals surface area contributed by atoms with Crippen molar-refractivity contribution in [2.24, 2.45) is 11.3 Å². The molecule has 0 saturated heterocycles. The molecule has 2 aliphatic rings. The molecule has 2 atom stereocenters. The summed E-state index contributed by atoms with van der Waals surface area (Å²) in [5.41, 5.74) is 0.435. The van der Waals surface area contributed by atoms with E-state index >= 15 is 0 Å². The molecular weight excluding hydrogens is 168 g/mol. The maximum absolute atomic E-state index is 3.86. The van der Waals surface area contributed by atoms with Gasteiger partial charge in [0.25, 0.3) is 0 Å². The number of allylic oxidation sites excluding steroid dienone is 4. The molecule has 0 heterocycles. The molecule has 0 aromatic heterocycles. The molecule has 2 unspecified atom stereocenters. The summed E-state index contributed by atoms with van der Waals surface area (Å²) in [5, 5.41) is 0. The van der Waals surface area contributed by atoms with Crippen molar-refractivity contribution in [3.63, 3.8) is 0 Å². The third kappa shape index (κ3) is 3.02. The Labute approximate surface area is 88.7 Å². The highest BCUT2D eigenvalue weighted by molar-refractivity contribution is 5.21. The van der Waals surface area contributed by atoms with Gasteiger partial charge in [-0.1, -0.05) is 24.3 Å². The standard InChI is InChI=1S/C9H12.C3H6.C2H4/c1-2-9-5-3-8(7-9)4-6-9;1-3-2;1-2/h2-3,5,8H,1,4,6-7H2;3H,1H2,2H3;1-2H2. The first-order valence-electron chi connectivity index (χ1n) is 5.16. The minimum atomic E-state index is 0.435. The van der Waals surface area contributed by atoms with E-state index in [-0.39, 0.29) is 0 Å². The minimum absolute atomic E-state index is 0.435. The fourth-order valence-electron chi connectivity index (χ4n) is 2.04. The first kappa shape index (κ1) is 13.0. The van der Waals surface area contributed by atoms with Crippen LogP contribution in [-0.2, 0) is 0 Å². The van der Waals surface area contributed by atoms with Crippen LogP contribution in [0.25, 0.3) is 0 Å². The second-order valence-corrected chi connectivity index (χ2v) is 3.71. The maximum atomic E-state index is 3.86. The maximum Gasteiger partial charge on any atom is 0.00642 e. The zero-order valence-electron chi connectivity index (χ0n) is 9.34. The van der Waals surface area contributed by atoms with Gasteiger partial charge in [-0.05, 0) is 32.1 Å². The summed E-state index contributed by atoms with van der Waals surface area (Å²) in [6.45, 7) is 15.1. The lowest BCUT2D eigenvalue weighted by molar-refractivity contribution is 0.525. The quantitative estimate of drug-likeness (QED) is 0.533. The highest BCUT2D eigenvalue weighted by Gasteiger charge is 2.37. The Hall–Kier alpha value is -1.04. The molecular formula is C14H22. The van der Waals surface area contributed by atoms with Gasteiger partial charge in [0.2, 0.25) is 0 Å². The van der Waals surface area contributed by atoms with Gasteiger partial charge < -0.3 is 0 Å². The molecule has 14 heavy (non-hydrogen) atoms. The summed E-state index contributed by atoms with van der Waals surface area (Å²) in [5.74, 6) is 0.892. The highest BCUT2D eigenvalue weighted by Crippen LogP contribution is 2.49. The van der Waals surface area contributed by atoms with E-state index in [1.165, 1.54) is 19.3 Å². The van der Waals surface area contributed by atoms with E-state index in [9.17, 15) is 0 Å². The molecule has 78 valence electrons. The molecule has 0 aromatic rings. The van der Waals surface area contributed by atoms with Crippen LogP contribution in [0.4, 0.5) is 0 Å². The van der Waals surface area contributed by atoms with Gasteiger partial charge in [-0.15, -0.1) is 26.3 Å². The fraction of sp³-hybridized carbons (Fsp3) is 0.429. The highest BCUT2D eigenvalue weighted by atomic mass is 14.4. The summed E-state index contributed by atoms with van der Waals surface area (Å²) in [6.07, 6.45) is 12.6. The average molecular weight is 190 g/mol. The van der Waals surface area contributed by atoms with Crippen molar-refractivity contribution in [1.82, 2.24) is 0 Å². The van der Waals surface area contributed by atoms with Crippen LogP contribution in [0.2, 0.25) is 0 Å². The molecule has 2 aliphatic carbocycles. The van der Waals surface area contributed by atoms with Gasteiger partial charge in [0.1, 0.15) is 0 Å². The van der Waals surface area contributed by atoms with E-state index in [2.05, 4.69) is 44.5 Å². The van der Waals surface area contributed by atoms with Crippen LogP contribution in [0.5, 0.6) is 0 Å². The van der Waals surface area contributed by atoms with E-state index < -0.39 is 0 Å². The van der Waals surface area contributed by atoms with Crippen molar-refractivity contribution in [3.05, 3.63) is 50.6 Å². The van der Waals surface area contributed by atoms with E-state index in [1.807, 2.05) is 6.92 Å². The second-order valence-electron chi connectivity index (χ2n) is 3.71. The van der Waals surface area contributed by atoms with Gasteiger partial charge >= 0.3 is 0 Å². The van der Waals surface area contributed by atoms with Crippen LogP contribution in [0.15, 0.2) is 50.6 Å². The third-order valence-corrected chi connectivity index (χ3v) is 2.73. The van der Waals surface area contributed by atoms with Crippen molar-refractivity contribution in [3.8, 4) is 0 Å². The normalized spacial score (nSPS) is 30.8. The van der Waals surface area contributed by atoms with Crippen molar-refractivity contribution in [1.29, 1.82) is 0 Å². The first-order valence-corrected chi connectivity index (χ1v) is 5.16. The molecule has 0 aliphatic heterocycles. The average Bonchev–Trinajstić information content (AvgIpc) is 2.82. The summed E-state index contributed by atoms with van der Waals surface area (Å²) in [6, 6.07) is 0. The SMILES string of the molecule is C=C.C=CC.C=CC12C=CC(CC1)C2. The fourth-order valence-corrected chi connectivity index (χ4v) is 2.04. The lowest BCUT2D eigenvalue weighted by Crippen LogP contribution is -2.05. The van der Waals surface area contributed by atoms with Gasteiger partial charge in [0.05, 0.1) is 0 Å². The zero-order chi connectivity index (χ0) is 11.0. The van der Waals surface area contributed by atoms with Crippen LogP contribution < -0.4 is 0 Å². The monoisotopic (exact) mass is 190 g/mol. The van der Waals surface area contributed by atoms with Crippen LogP contribution >= 0.6 is 0 Å². The molecule has 0 nitrogen and oxygen atoms in total. The van der Waals surface area contributed by atoms with Crippen LogP contribution in [0, 0.1) is 11.3 Å². The zero-order valence-corrected chi connectivity index (χ0v) is 9.34. The van der Waals surface area contributed by atoms with E-state index in [4.69, 9.17) is 0 Å². The Morgan fingerprint density at radius 2 is 1.93 bits per heavy atom. The topological polar surface area (TPSA) is 0 Å².